The summed E-state index contributed by atoms with van der Waals surface area (Å²) in [6, 6.07) is 10.6. The number of benzene rings is 1. The highest BCUT2D eigenvalue weighted by Crippen LogP contribution is 2.34. The molecule has 1 aliphatic rings. The summed E-state index contributed by atoms with van der Waals surface area (Å²) in [6.45, 7) is 4.26. The van der Waals surface area contributed by atoms with Gasteiger partial charge in [0.25, 0.3) is 0 Å². The number of fused-ring (bicyclic) bond motifs is 3. The fourth-order valence-corrected chi connectivity index (χ4v) is 3.18. The lowest BCUT2D eigenvalue weighted by molar-refractivity contribution is -0.663. The molecular formula is C19H18N3+. The maximum atomic E-state index is 4.99. The first kappa shape index (κ1) is 13.1. The van der Waals surface area contributed by atoms with Crippen LogP contribution in [-0.4, -0.2) is 9.97 Å². The lowest BCUT2D eigenvalue weighted by Gasteiger charge is -2.06. The number of hydrogen-bond acceptors (Lipinski definition) is 2. The van der Waals surface area contributed by atoms with Gasteiger partial charge in [-0.2, -0.15) is 0 Å². The van der Waals surface area contributed by atoms with Crippen molar-refractivity contribution in [2.24, 2.45) is 7.05 Å². The van der Waals surface area contributed by atoms with Crippen molar-refractivity contribution in [1.29, 1.82) is 0 Å². The Labute approximate surface area is 130 Å². The van der Waals surface area contributed by atoms with Gasteiger partial charge in [-0.15, -0.1) is 0 Å². The number of nitrogens with zero attached hydrogens (tertiary/aromatic N) is 3. The van der Waals surface area contributed by atoms with Crippen LogP contribution in [0.3, 0.4) is 0 Å². The highest BCUT2D eigenvalue weighted by Gasteiger charge is 2.29. The van der Waals surface area contributed by atoms with Crippen molar-refractivity contribution < 1.29 is 4.57 Å². The minimum atomic E-state index is 0.874. The van der Waals surface area contributed by atoms with Crippen molar-refractivity contribution in [3.63, 3.8) is 0 Å². The smallest absolute Gasteiger partial charge is 0.260 e. The molecule has 0 saturated heterocycles. The highest BCUT2D eigenvalue weighted by molar-refractivity contribution is 5.72. The topological polar surface area (TPSA) is 29.7 Å². The summed E-state index contributed by atoms with van der Waals surface area (Å²) >= 11 is 0. The lowest BCUT2D eigenvalue weighted by atomic mass is 10.0. The van der Waals surface area contributed by atoms with Gasteiger partial charge < -0.3 is 0 Å². The normalized spacial score (nSPS) is 12.1. The summed E-state index contributed by atoms with van der Waals surface area (Å²) in [6.07, 6.45) is 4.93. The molecule has 22 heavy (non-hydrogen) atoms. The molecule has 0 bridgehead atoms. The summed E-state index contributed by atoms with van der Waals surface area (Å²) < 4.78 is 2.13. The predicted molar refractivity (Wildman–Crippen MR) is 86.4 cm³/mol. The van der Waals surface area contributed by atoms with Gasteiger partial charge in [0.2, 0.25) is 0 Å². The van der Waals surface area contributed by atoms with Crippen LogP contribution in [0.2, 0.25) is 0 Å². The fraction of sp³-hybridized carbons (Fsp3) is 0.211. The molecule has 3 heteroatoms. The van der Waals surface area contributed by atoms with Crippen molar-refractivity contribution >= 4 is 0 Å². The quantitative estimate of drug-likeness (QED) is 0.504. The first-order chi connectivity index (χ1) is 10.6. The first-order valence-electron chi connectivity index (χ1n) is 7.55. The number of rotatable bonds is 1. The van der Waals surface area contributed by atoms with Gasteiger partial charge in [0, 0.05) is 23.7 Å². The summed E-state index contributed by atoms with van der Waals surface area (Å²) in [5.74, 6) is 1.01. The summed E-state index contributed by atoms with van der Waals surface area (Å²) in [7, 11) is 2.07. The van der Waals surface area contributed by atoms with Crippen LogP contribution >= 0.6 is 0 Å². The molecule has 1 aromatic carbocycles. The molecule has 2 aromatic heterocycles. The van der Waals surface area contributed by atoms with E-state index in [0.29, 0.717) is 0 Å². The zero-order valence-corrected chi connectivity index (χ0v) is 13.1. The number of pyridine rings is 1. The molecule has 0 N–H and O–H groups in total. The van der Waals surface area contributed by atoms with Gasteiger partial charge in [0.1, 0.15) is 0 Å². The number of aromatic nitrogens is 3. The summed E-state index contributed by atoms with van der Waals surface area (Å²) in [4.78, 5) is 9.48. The van der Waals surface area contributed by atoms with Gasteiger partial charge >= 0.3 is 5.82 Å². The van der Waals surface area contributed by atoms with Crippen molar-refractivity contribution in [2.45, 2.75) is 20.3 Å². The maximum absolute atomic E-state index is 4.99. The largest absolute Gasteiger partial charge is 0.331 e. The standard InChI is InChI=1S/C19H18N3/c1-12-6-7-13(2)16(9-12)19-21-18-14(11-22(19)3)10-17-15(18)5-4-8-20-17/h4-9,11H,10H2,1-3H3/q+1. The van der Waals surface area contributed by atoms with Gasteiger partial charge in [-0.3, -0.25) is 4.98 Å². The number of aryl methyl sites for hydroxylation is 3. The average molecular weight is 288 g/mol. The number of hydrogen-bond donors (Lipinski definition) is 0. The molecule has 3 nitrogen and oxygen atoms in total. The molecule has 0 saturated carbocycles. The van der Waals surface area contributed by atoms with Crippen LogP contribution in [0.4, 0.5) is 0 Å². The van der Waals surface area contributed by atoms with Crippen LogP contribution in [0.15, 0.2) is 42.7 Å². The Morgan fingerprint density at radius 1 is 1.09 bits per heavy atom. The second kappa shape index (κ2) is 4.73. The Balaban J connectivity index is 1.96. The van der Waals surface area contributed by atoms with Gasteiger partial charge in [-0.1, -0.05) is 17.7 Å². The van der Waals surface area contributed by atoms with E-state index in [1.54, 1.807) is 0 Å². The molecule has 0 fully saturated rings. The van der Waals surface area contributed by atoms with E-state index in [4.69, 9.17) is 4.98 Å². The molecule has 108 valence electrons. The molecule has 0 radical (unpaired) electrons. The van der Waals surface area contributed by atoms with E-state index in [-0.39, 0.29) is 0 Å². The Hall–Kier alpha value is -2.55. The SMILES string of the molecule is Cc1ccc(C)c(-c2nc3c(c[n+]2C)Cc2ncccc2-3)c1. The highest BCUT2D eigenvalue weighted by atomic mass is 15.0. The van der Waals surface area contributed by atoms with Crippen LogP contribution in [0.5, 0.6) is 0 Å². The van der Waals surface area contributed by atoms with Gasteiger partial charge in [0.05, 0.1) is 24.5 Å². The lowest BCUT2D eigenvalue weighted by Crippen LogP contribution is -2.33. The van der Waals surface area contributed by atoms with E-state index in [1.807, 2.05) is 12.3 Å². The van der Waals surface area contributed by atoms with Gasteiger partial charge in [-0.25, -0.2) is 4.57 Å². The Morgan fingerprint density at radius 2 is 1.95 bits per heavy atom. The minimum absolute atomic E-state index is 0.874. The Kier molecular flexibility index (Phi) is 2.83. The molecule has 1 aliphatic carbocycles. The molecule has 4 rings (SSSR count). The average Bonchev–Trinajstić information content (AvgIpc) is 2.86. The van der Waals surface area contributed by atoms with Crippen LogP contribution in [0, 0.1) is 13.8 Å². The molecule has 0 aliphatic heterocycles. The van der Waals surface area contributed by atoms with Crippen LogP contribution in [0.1, 0.15) is 22.4 Å². The zero-order chi connectivity index (χ0) is 15.3. The summed E-state index contributed by atoms with van der Waals surface area (Å²) in [5, 5.41) is 0. The molecule has 2 heterocycles. The van der Waals surface area contributed by atoms with Crippen LogP contribution in [-0.2, 0) is 13.5 Å². The van der Waals surface area contributed by atoms with E-state index < -0.39 is 0 Å². The Bertz CT molecular complexity index is 897. The maximum Gasteiger partial charge on any atom is 0.331 e. The minimum Gasteiger partial charge on any atom is -0.260 e. The molecule has 0 spiro atoms. The van der Waals surface area contributed by atoms with Crippen molar-refractivity contribution in [1.82, 2.24) is 9.97 Å². The van der Waals surface area contributed by atoms with Crippen molar-refractivity contribution in [3.8, 4) is 22.6 Å². The third kappa shape index (κ3) is 1.93. The third-order valence-electron chi connectivity index (χ3n) is 4.34. The molecular weight excluding hydrogens is 270 g/mol. The van der Waals surface area contributed by atoms with Crippen molar-refractivity contribution in [2.75, 3.05) is 0 Å². The Morgan fingerprint density at radius 3 is 2.82 bits per heavy atom. The van der Waals surface area contributed by atoms with Gasteiger partial charge in [0.15, 0.2) is 5.69 Å². The van der Waals surface area contributed by atoms with E-state index in [9.17, 15) is 0 Å². The van der Waals surface area contributed by atoms with Crippen molar-refractivity contribution in [3.05, 3.63) is 65.1 Å². The van der Waals surface area contributed by atoms with Crippen LogP contribution in [0.25, 0.3) is 22.6 Å². The first-order valence-corrected chi connectivity index (χ1v) is 7.55. The van der Waals surface area contributed by atoms with Gasteiger partial charge in [-0.05, 0) is 42.6 Å². The van der Waals surface area contributed by atoms with E-state index in [0.717, 1.165) is 23.6 Å². The zero-order valence-electron chi connectivity index (χ0n) is 13.1. The third-order valence-corrected chi connectivity index (χ3v) is 4.34. The second-order valence-corrected chi connectivity index (χ2v) is 6.04. The predicted octanol–water partition coefficient (Wildman–Crippen LogP) is 3.16. The van der Waals surface area contributed by atoms with E-state index in [1.165, 1.54) is 27.8 Å². The monoisotopic (exact) mass is 288 g/mol. The van der Waals surface area contributed by atoms with E-state index in [2.05, 4.69) is 60.9 Å². The molecule has 0 unspecified atom stereocenters. The fourth-order valence-electron chi connectivity index (χ4n) is 3.18. The molecule has 3 aromatic rings. The summed E-state index contributed by atoms with van der Waals surface area (Å²) in [5.41, 5.74) is 8.33. The second-order valence-electron chi connectivity index (χ2n) is 6.04. The van der Waals surface area contributed by atoms with E-state index >= 15 is 0 Å². The molecule has 0 atom stereocenters. The van der Waals surface area contributed by atoms with Crippen LogP contribution < -0.4 is 4.57 Å². The molecule has 0 amide bonds.